The molecule has 1 atom stereocenters. The highest BCUT2D eigenvalue weighted by Gasteiger charge is 2.27. The molecule has 1 unspecified atom stereocenters. The van der Waals surface area contributed by atoms with Gasteiger partial charge in [0, 0.05) is 6.20 Å². The van der Waals surface area contributed by atoms with Gasteiger partial charge in [0.2, 0.25) is 0 Å². The minimum atomic E-state index is -4.02. The molecule has 1 aliphatic rings. The predicted octanol–water partition coefficient (Wildman–Crippen LogP) is 4.82. The lowest BCUT2D eigenvalue weighted by molar-refractivity contribution is 0.159. The van der Waals surface area contributed by atoms with Gasteiger partial charge in [0.05, 0.1) is 34.2 Å². The lowest BCUT2D eigenvalue weighted by Crippen LogP contribution is -2.33. The Morgan fingerprint density at radius 1 is 1.08 bits per heavy atom. The van der Waals surface area contributed by atoms with Crippen molar-refractivity contribution in [3.05, 3.63) is 89.5 Å². The average molecular weight is 522 g/mol. The number of nitrogens with one attached hydrogen (secondary N) is 1. The molecule has 0 saturated carbocycles. The highest BCUT2D eigenvalue weighted by molar-refractivity contribution is 7.85. The zero-order valence-corrected chi connectivity index (χ0v) is 22.0. The van der Waals surface area contributed by atoms with Crippen LogP contribution < -0.4 is 5.73 Å². The van der Waals surface area contributed by atoms with E-state index in [4.69, 9.17) is 20.3 Å². The minimum absolute atomic E-state index is 0.0666. The molecule has 0 radical (unpaired) electrons. The van der Waals surface area contributed by atoms with E-state index in [-0.39, 0.29) is 4.90 Å². The Labute approximate surface area is 218 Å². The largest absolute Gasteiger partial charge is 0.341 e. The van der Waals surface area contributed by atoms with E-state index in [1.54, 1.807) is 12.1 Å². The normalized spacial score (nSPS) is 15.3. The van der Waals surface area contributed by atoms with Gasteiger partial charge in [0.1, 0.15) is 5.82 Å². The van der Waals surface area contributed by atoms with Crippen molar-refractivity contribution >= 4 is 21.2 Å². The number of aromatic amines is 1. The van der Waals surface area contributed by atoms with Crippen molar-refractivity contribution in [2.75, 3.05) is 13.1 Å². The summed E-state index contributed by atoms with van der Waals surface area (Å²) in [5, 5.41) is 0. The number of unbranched alkanes of at least 4 members (excludes halogenated alkanes) is 1. The number of nitrogens with zero attached hydrogens (tertiary/aromatic N) is 3. The molecule has 0 amide bonds. The van der Waals surface area contributed by atoms with Crippen LogP contribution in [0, 0.1) is 6.92 Å². The molecule has 0 spiro atoms. The molecule has 5 rings (SSSR count). The van der Waals surface area contributed by atoms with E-state index in [1.807, 2.05) is 25.3 Å². The van der Waals surface area contributed by atoms with Gasteiger partial charge in [-0.25, -0.2) is 4.98 Å². The molecule has 37 heavy (non-hydrogen) atoms. The molecule has 0 aliphatic heterocycles. The van der Waals surface area contributed by atoms with Gasteiger partial charge in [-0.05, 0) is 88.0 Å². The zero-order chi connectivity index (χ0) is 26.3. The molecule has 4 N–H and O–H groups in total. The van der Waals surface area contributed by atoms with E-state index in [0.29, 0.717) is 6.04 Å². The van der Waals surface area contributed by atoms with Gasteiger partial charge in [0.25, 0.3) is 10.1 Å². The first-order valence-electron chi connectivity index (χ1n) is 12.7. The van der Waals surface area contributed by atoms with Crippen molar-refractivity contribution in [2.24, 2.45) is 5.73 Å². The van der Waals surface area contributed by atoms with Crippen LogP contribution >= 0.6 is 0 Å². The van der Waals surface area contributed by atoms with Gasteiger partial charge >= 0.3 is 0 Å². The summed E-state index contributed by atoms with van der Waals surface area (Å²) in [6, 6.07) is 18.9. The fraction of sp³-hybridized carbons (Fsp3) is 0.357. The summed E-state index contributed by atoms with van der Waals surface area (Å²) >= 11 is 0. The summed E-state index contributed by atoms with van der Waals surface area (Å²) in [4.78, 5) is 15.5. The van der Waals surface area contributed by atoms with Gasteiger partial charge in [-0.1, -0.05) is 35.9 Å². The van der Waals surface area contributed by atoms with Gasteiger partial charge in [-0.3, -0.25) is 14.4 Å². The van der Waals surface area contributed by atoms with Crippen molar-refractivity contribution in [3.8, 4) is 0 Å². The smallest absolute Gasteiger partial charge is 0.294 e. The van der Waals surface area contributed by atoms with E-state index in [0.717, 1.165) is 67.7 Å². The molecule has 2 aromatic heterocycles. The Bertz CT molecular complexity index is 1370. The number of para-hydroxylation sites is 2. The maximum absolute atomic E-state index is 10.5. The van der Waals surface area contributed by atoms with E-state index < -0.39 is 10.1 Å². The second-order valence-electron chi connectivity index (χ2n) is 9.41. The molecule has 2 aromatic carbocycles. The third-order valence-corrected chi connectivity index (χ3v) is 7.48. The number of pyridine rings is 1. The van der Waals surface area contributed by atoms with Crippen LogP contribution in [0.1, 0.15) is 54.4 Å². The number of imidazole rings is 1. The molecule has 8 nitrogen and oxygen atoms in total. The maximum atomic E-state index is 10.5. The topological polar surface area (TPSA) is 125 Å². The third kappa shape index (κ3) is 7.23. The lowest BCUT2D eigenvalue weighted by Gasteiger charge is -2.34. The molecule has 1 aliphatic carbocycles. The number of aromatic nitrogens is 3. The molecular formula is C28H35N5O3S. The van der Waals surface area contributed by atoms with Crippen LogP contribution in [-0.4, -0.2) is 45.9 Å². The average Bonchev–Trinajstić information content (AvgIpc) is 3.30. The Balaban J connectivity index is 0.000000245. The molecule has 2 heterocycles. The fourth-order valence-electron chi connectivity index (χ4n) is 4.73. The van der Waals surface area contributed by atoms with E-state index in [2.05, 4.69) is 34.1 Å². The number of benzene rings is 2. The number of rotatable bonds is 8. The minimum Gasteiger partial charge on any atom is -0.341 e. The molecule has 0 fully saturated rings. The Kier molecular flexibility index (Phi) is 9.04. The molecular weight excluding hydrogens is 486 g/mol. The first-order chi connectivity index (χ1) is 17.8. The van der Waals surface area contributed by atoms with Gasteiger partial charge in [-0.15, -0.1) is 0 Å². The summed E-state index contributed by atoms with van der Waals surface area (Å²) < 4.78 is 29.6. The van der Waals surface area contributed by atoms with Crippen LogP contribution in [-0.2, 0) is 23.1 Å². The van der Waals surface area contributed by atoms with Crippen molar-refractivity contribution in [1.82, 2.24) is 19.9 Å². The number of nitrogens with two attached hydrogens (primary N) is 1. The highest BCUT2D eigenvalue weighted by Crippen LogP contribution is 2.33. The van der Waals surface area contributed by atoms with Crippen LogP contribution in [0.3, 0.4) is 0 Å². The van der Waals surface area contributed by atoms with Gasteiger partial charge in [0.15, 0.2) is 0 Å². The number of H-pyrrole nitrogens is 1. The maximum Gasteiger partial charge on any atom is 0.294 e. The van der Waals surface area contributed by atoms with E-state index in [1.165, 1.54) is 29.8 Å². The van der Waals surface area contributed by atoms with Crippen molar-refractivity contribution in [1.29, 1.82) is 0 Å². The lowest BCUT2D eigenvalue weighted by atomic mass is 9.90. The van der Waals surface area contributed by atoms with Gasteiger partial charge in [-0.2, -0.15) is 8.42 Å². The van der Waals surface area contributed by atoms with Crippen LogP contribution in [0.15, 0.2) is 71.8 Å². The summed E-state index contributed by atoms with van der Waals surface area (Å²) in [7, 11) is -4.02. The Morgan fingerprint density at radius 3 is 2.59 bits per heavy atom. The van der Waals surface area contributed by atoms with Crippen molar-refractivity contribution in [2.45, 2.75) is 56.5 Å². The van der Waals surface area contributed by atoms with Crippen LogP contribution in [0.4, 0.5) is 0 Å². The molecule has 4 aromatic rings. The number of fused-ring (bicyclic) bond motifs is 2. The fourth-order valence-corrected chi connectivity index (χ4v) is 5.21. The highest BCUT2D eigenvalue weighted by atomic mass is 32.2. The SMILES string of the molecule is Cc1ccc(S(=O)(=O)O)cc1.NCCCCN(Cc1nc2ccccc2[nH]1)C1CCCc2cccnc21. The first-order valence-corrected chi connectivity index (χ1v) is 14.1. The molecule has 0 bridgehead atoms. The third-order valence-electron chi connectivity index (χ3n) is 6.62. The number of hydrogen-bond donors (Lipinski definition) is 3. The quantitative estimate of drug-likeness (QED) is 0.224. The molecule has 0 saturated heterocycles. The Hall–Kier alpha value is -3.11. The predicted molar refractivity (Wildman–Crippen MR) is 146 cm³/mol. The second-order valence-corrected chi connectivity index (χ2v) is 10.8. The number of aryl methyl sites for hydroxylation is 2. The van der Waals surface area contributed by atoms with Crippen LogP contribution in [0.25, 0.3) is 11.0 Å². The standard InChI is InChI=1S/C21H27N5.C7H8O3S/c22-12-3-4-14-26(15-20-24-17-9-1-2-10-18(17)25-20)19-11-5-7-16-8-6-13-23-21(16)19;1-6-2-4-7(5-3-6)11(8,9)10/h1-2,6,8-10,13,19H,3-5,7,11-12,14-15,22H2,(H,24,25);2-5H,1H3,(H,8,9,10). The first kappa shape index (κ1) is 26.9. The summed E-state index contributed by atoms with van der Waals surface area (Å²) in [6.45, 7) is 4.43. The Morgan fingerprint density at radius 2 is 1.86 bits per heavy atom. The van der Waals surface area contributed by atoms with Gasteiger partial charge < -0.3 is 10.7 Å². The van der Waals surface area contributed by atoms with Crippen LogP contribution in [0.2, 0.25) is 0 Å². The van der Waals surface area contributed by atoms with Crippen molar-refractivity contribution < 1.29 is 13.0 Å². The monoisotopic (exact) mass is 521 g/mol. The van der Waals surface area contributed by atoms with E-state index in [9.17, 15) is 8.42 Å². The summed E-state index contributed by atoms with van der Waals surface area (Å²) in [5.74, 6) is 1.03. The van der Waals surface area contributed by atoms with E-state index >= 15 is 0 Å². The zero-order valence-electron chi connectivity index (χ0n) is 21.2. The number of hydrogen-bond acceptors (Lipinski definition) is 6. The summed E-state index contributed by atoms with van der Waals surface area (Å²) in [5.41, 5.74) is 11.5. The second kappa shape index (κ2) is 12.4. The molecule has 196 valence electrons. The summed E-state index contributed by atoms with van der Waals surface area (Å²) in [6.07, 6.45) is 7.61. The molecule has 9 heteroatoms. The van der Waals surface area contributed by atoms with Crippen molar-refractivity contribution in [3.63, 3.8) is 0 Å². The van der Waals surface area contributed by atoms with Crippen LogP contribution in [0.5, 0.6) is 0 Å².